The topological polar surface area (TPSA) is 66.8 Å². The van der Waals surface area contributed by atoms with Gasteiger partial charge in [0.2, 0.25) is 5.91 Å². The Kier molecular flexibility index (Phi) is 3.98. The molecular weight excluding hydrogens is 254 g/mol. The number of ether oxygens (including phenoxy) is 1. The number of hydrogen-bond donors (Lipinski definition) is 1. The molecule has 2 rings (SSSR count). The molecule has 5 nitrogen and oxygen atoms in total. The Morgan fingerprint density at radius 1 is 1.56 bits per heavy atom. The van der Waals surface area contributed by atoms with Crippen LogP contribution in [0.25, 0.3) is 0 Å². The van der Waals surface area contributed by atoms with Gasteiger partial charge in [0, 0.05) is 16.3 Å². The van der Waals surface area contributed by atoms with Gasteiger partial charge in [0.15, 0.2) is 6.04 Å². The third kappa shape index (κ3) is 2.88. The van der Waals surface area contributed by atoms with E-state index in [4.69, 9.17) is 9.84 Å². The first kappa shape index (κ1) is 13.0. The van der Waals surface area contributed by atoms with Gasteiger partial charge in [0.25, 0.3) is 0 Å². The highest BCUT2D eigenvalue weighted by Crippen LogP contribution is 2.18. The molecule has 2 heterocycles. The highest BCUT2D eigenvalue weighted by molar-refractivity contribution is 7.12. The van der Waals surface area contributed by atoms with Crippen LogP contribution in [-0.4, -0.2) is 47.7 Å². The molecule has 1 aliphatic heterocycles. The molecule has 1 aromatic heterocycles. The van der Waals surface area contributed by atoms with E-state index in [0.717, 1.165) is 9.75 Å². The third-order valence-corrected chi connectivity index (χ3v) is 3.86. The van der Waals surface area contributed by atoms with E-state index in [1.165, 1.54) is 4.90 Å². The van der Waals surface area contributed by atoms with Crippen LogP contribution in [0.15, 0.2) is 12.1 Å². The van der Waals surface area contributed by atoms with E-state index in [1.807, 2.05) is 19.1 Å². The van der Waals surface area contributed by atoms with Crippen LogP contribution in [0.4, 0.5) is 0 Å². The number of nitrogens with zero attached hydrogens (tertiary/aromatic N) is 1. The summed E-state index contributed by atoms with van der Waals surface area (Å²) in [7, 11) is 0. The maximum atomic E-state index is 12.1. The lowest BCUT2D eigenvalue weighted by Gasteiger charge is -2.32. The molecule has 18 heavy (non-hydrogen) atoms. The number of carboxylic acid groups (broad SMARTS) is 1. The zero-order valence-electron chi connectivity index (χ0n) is 10.1. The molecule has 1 amide bonds. The molecule has 1 fully saturated rings. The predicted octanol–water partition coefficient (Wildman–Crippen LogP) is 0.911. The Bertz CT molecular complexity index is 457. The number of carboxylic acids is 1. The van der Waals surface area contributed by atoms with Gasteiger partial charge in [-0.2, -0.15) is 0 Å². The standard InChI is InChI=1S/C12H15NO4S/c1-8-2-3-9(18-8)6-11(14)13-4-5-17-7-10(13)12(15)16/h2-3,10H,4-7H2,1H3,(H,15,16). The number of aryl methyl sites for hydroxylation is 1. The smallest absolute Gasteiger partial charge is 0.328 e. The van der Waals surface area contributed by atoms with Crippen molar-refractivity contribution in [3.8, 4) is 0 Å². The lowest BCUT2D eigenvalue weighted by Crippen LogP contribution is -2.53. The number of rotatable bonds is 3. The summed E-state index contributed by atoms with van der Waals surface area (Å²) in [5, 5.41) is 9.06. The molecule has 1 N–H and O–H groups in total. The summed E-state index contributed by atoms with van der Waals surface area (Å²) in [5.41, 5.74) is 0. The normalized spacial score (nSPS) is 19.8. The van der Waals surface area contributed by atoms with E-state index < -0.39 is 12.0 Å². The van der Waals surface area contributed by atoms with Gasteiger partial charge in [-0.1, -0.05) is 0 Å². The maximum absolute atomic E-state index is 12.1. The number of thiophene rings is 1. The van der Waals surface area contributed by atoms with E-state index in [9.17, 15) is 9.59 Å². The fourth-order valence-electron chi connectivity index (χ4n) is 1.94. The maximum Gasteiger partial charge on any atom is 0.328 e. The van der Waals surface area contributed by atoms with Gasteiger partial charge in [0.1, 0.15) is 0 Å². The van der Waals surface area contributed by atoms with Crippen molar-refractivity contribution in [3.05, 3.63) is 21.9 Å². The van der Waals surface area contributed by atoms with E-state index in [2.05, 4.69) is 0 Å². The van der Waals surface area contributed by atoms with Crippen LogP contribution in [0, 0.1) is 6.92 Å². The molecule has 1 unspecified atom stereocenters. The minimum absolute atomic E-state index is 0.0739. The Labute approximate surface area is 109 Å². The van der Waals surface area contributed by atoms with Crippen LogP contribution in [0.1, 0.15) is 9.75 Å². The quantitative estimate of drug-likeness (QED) is 0.885. The fourth-order valence-corrected chi connectivity index (χ4v) is 2.82. The van der Waals surface area contributed by atoms with Gasteiger partial charge < -0.3 is 14.7 Å². The Morgan fingerprint density at radius 3 is 2.94 bits per heavy atom. The number of aliphatic carboxylic acids is 1. The largest absolute Gasteiger partial charge is 0.480 e. The second kappa shape index (κ2) is 5.49. The molecule has 98 valence electrons. The van der Waals surface area contributed by atoms with Gasteiger partial charge >= 0.3 is 5.97 Å². The van der Waals surface area contributed by atoms with Crippen molar-refractivity contribution >= 4 is 23.2 Å². The molecule has 0 spiro atoms. The number of hydrogen-bond acceptors (Lipinski definition) is 4. The van der Waals surface area contributed by atoms with Gasteiger partial charge in [-0.15, -0.1) is 11.3 Å². The SMILES string of the molecule is Cc1ccc(CC(=O)N2CCOCC2C(=O)O)s1. The summed E-state index contributed by atoms with van der Waals surface area (Å²) in [6.07, 6.45) is 0.266. The van der Waals surface area contributed by atoms with E-state index >= 15 is 0 Å². The third-order valence-electron chi connectivity index (χ3n) is 2.86. The van der Waals surface area contributed by atoms with Gasteiger partial charge in [-0.25, -0.2) is 4.79 Å². The zero-order valence-corrected chi connectivity index (χ0v) is 10.9. The molecule has 1 saturated heterocycles. The first-order chi connectivity index (χ1) is 8.58. The second-order valence-electron chi connectivity index (χ2n) is 4.21. The Hall–Kier alpha value is -1.40. The number of amides is 1. The van der Waals surface area contributed by atoms with Crippen molar-refractivity contribution in [1.29, 1.82) is 0 Å². The monoisotopic (exact) mass is 269 g/mol. The average molecular weight is 269 g/mol. The first-order valence-corrected chi connectivity index (χ1v) is 6.55. The van der Waals surface area contributed by atoms with Crippen molar-refractivity contribution in [2.45, 2.75) is 19.4 Å². The molecule has 6 heteroatoms. The highest BCUT2D eigenvalue weighted by Gasteiger charge is 2.32. The van der Waals surface area contributed by atoms with E-state index in [0.29, 0.717) is 13.2 Å². The molecule has 1 aromatic rings. The Morgan fingerprint density at radius 2 is 2.33 bits per heavy atom. The highest BCUT2D eigenvalue weighted by atomic mass is 32.1. The minimum atomic E-state index is -1.01. The van der Waals surface area contributed by atoms with Crippen LogP contribution in [0.2, 0.25) is 0 Å². The summed E-state index contributed by atoms with van der Waals surface area (Å²) >= 11 is 1.56. The van der Waals surface area contributed by atoms with Crippen LogP contribution in [0.5, 0.6) is 0 Å². The van der Waals surface area contributed by atoms with Crippen LogP contribution in [0.3, 0.4) is 0 Å². The summed E-state index contributed by atoms with van der Waals surface area (Å²) < 4.78 is 5.11. The van der Waals surface area contributed by atoms with Gasteiger partial charge in [0.05, 0.1) is 19.6 Å². The number of morpholine rings is 1. The average Bonchev–Trinajstić information content (AvgIpc) is 2.74. The predicted molar refractivity (Wildman–Crippen MR) is 66.7 cm³/mol. The van der Waals surface area contributed by atoms with Crippen LogP contribution >= 0.6 is 11.3 Å². The second-order valence-corrected chi connectivity index (χ2v) is 5.58. The molecular formula is C12H15NO4S. The molecule has 0 aliphatic carbocycles. The summed E-state index contributed by atoms with van der Waals surface area (Å²) in [6, 6.07) is 3.02. The minimum Gasteiger partial charge on any atom is -0.480 e. The number of carbonyl (C=O) groups is 2. The molecule has 0 bridgehead atoms. The van der Waals surface area contributed by atoms with Gasteiger partial charge in [-0.05, 0) is 19.1 Å². The van der Waals surface area contributed by atoms with E-state index in [-0.39, 0.29) is 18.9 Å². The van der Waals surface area contributed by atoms with Crippen LogP contribution in [-0.2, 0) is 20.7 Å². The molecule has 1 aliphatic rings. The van der Waals surface area contributed by atoms with Crippen molar-refractivity contribution in [1.82, 2.24) is 4.90 Å². The van der Waals surface area contributed by atoms with Gasteiger partial charge in [-0.3, -0.25) is 4.79 Å². The summed E-state index contributed by atoms with van der Waals surface area (Å²) in [4.78, 5) is 26.7. The van der Waals surface area contributed by atoms with Crippen molar-refractivity contribution in [3.63, 3.8) is 0 Å². The lowest BCUT2D eigenvalue weighted by molar-refractivity contribution is -0.157. The fraction of sp³-hybridized carbons (Fsp3) is 0.500. The summed E-state index contributed by atoms with van der Waals surface area (Å²) in [6.45, 7) is 2.80. The van der Waals surface area contributed by atoms with E-state index in [1.54, 1.807) is 11.3 Å². The molecule has 0 aromatic carbocycles. The number of carbonyl (C=O) groups excluding carboxylic acids is 1. The van der Waals surface area contributed by atoms with Crippen LogP contribution < -0.4 is 0 Å². The summed E-state index contributed by atoms with van der Waals surface area (Å²) in [5.74, 6) is -1.15. The van der Waals surface area contributed by atoms with Crippen molar-refractivity contribution in [2.24, 2.45) is 0 Å². The van der Waals surface area contributed by atoms with Crippen molar-refractivity contribution in [2.75, 3.05) is 19.8 Å². The molecule has 1 atom stereocenters. The zero-order chi connectivity index (χ0) is 13.1. The first-order valence-electron chi connectivity index (χ1n) is 5.73. The van der Waals surface area contributed by atoms with Crippen molar-refractivity contribution < 1.29 is 19.4 Å². The lowest BCUT2D eigenvalue weighted by atomic mass is 10.2. The molecule has 0 saturated carbocycles. The Balaban J connectivity index is 2.04. The molecule has 0 radical (unpaired) electrons.